The van der Waals surface area contributed by atoms with Gasteiger partial charge >= 0.3 is 0 Å². The predicted molar refractivity (Wildman–Crippen MR) is 131 cm³/mol. The number of aromatic nitrogens is 1. The molecule has 2 aromatic rings. The van der Waals surface area contributed by atoms with Gasteiger partial charge in [-0.1, -0.05) is 26.0 Å². The van der Waals surface area contributed by atoms with Crippen molar-refractivity contribution >= 4 is 21.5 Å². The van der Waals surface area contributed by atoms with Gasteiger partial charge in [0.2, 0.25) is 0 Å². The van der Waals surface area contributed by atoms with Crippen LogP contribution in [0.15, 0.2) is 35.4 Å². The molecular formula is C26H34N2O5S. The number of nitrogens with zero attached hydrogens (tertiary/aromatic N) is 2. The van der Waals surface area contributed by atoms with Crippen LogP contribution < -0.4 is 9.04 Å². The molecule has 1 aromatic heterocycles. The van der Waals surface area contributed by atoms with E-state index in [1.807, 2.05) is 19.1 Å². The van der Waals surface area contributed by atoms with E-state index in [0.29, 0.717) is 43.6 Å². The molecular weight excluding hydrogens is 452 g/mol. The van der Waals surface area contributed by atoms with Gasteiger partial charge in [-0.15, -0.1) is 0 Å². The van der Waals surface area contributed by atoms with Gasteiger partial charge in [0.1, 0.15) is 11.4 Å². The monoisotopic (exact) mass is 486 g/mol. The number of sulfonamides is 1. The first-order valence-corrected chi connectivity index (χ1v) is 13.7. The second kappa shape index (κ2) is 10.4. The summed E-state index contributed by atoms with van der Waals surface area (Å²) in [5.74, 6) is 0.356. The molecule has 0 radical (unpaired) electrons. The third kappa shape index (κ3) is 4.98. The summed E-state index contributed by atoms with van der Waals surface area (Å²) in [6.07, 6.45) is 5.00. The SMILES string of the molecule is CCc1ccc2c(c1)CCC(CC)N2S(=O)(=O)c1ccc(OCC2CCOCC2)c(C(C)=O)n1. The lowest BCUT2D eigenvalue weighted by atomic mass is 9.94. The van der Waals surface area contributed by atoms with Crippen LogP contribution in [-0.4, -0.2) is 45.0 Å². The highest BCUT2D eigenvalue weighted by molar-refractivity contribution is 7.92. The molecule has 0 amide bonds. The minimum absolute atomic E-state index is 0.0553. The Balaban J connectivity index is 1.67. The fourth-order valence-electron chi connectivity index (χ4n) is 4.77. The first-order valence-electron chi connectivity index (χ1n) is 12.2. The molecule has 0 spiro atoms. The van der Waals surface area contributed by atoms with Crippen LogP contribution in [0.25, 0.3) is 0 Å². The van der Waals surface area contributed by atoms with E-state index in [9.17, 15) is 13.2 Å². The van der Waals surface area contributed by atoms with E-state index in [-0.39, 0.29) is 22.5 Å². The van der Waals surface area contributed by atoms with Crippen LogP contribution in [0.2, 0.25) is 0 Å². The summed E-state index contributed by atoms with van der Waals surface area (Å²) in [6.45, 7) is 7.34. The van der Waals surface area contributed by atoms with Crippen molar-refractivity contribution in [2.24, 2.45) is 5.92 Å². The Morgan fingerprint density at radius 3 is 2.59 bits per heavy atom. The van der Waals surface area contributed by atoms with Crippen LogP contribution in [0.3, 0.4) is 0 Å². The summed E-state index contributed by atoms with van der Waals surface area (Å²) < 4.78 is 40.6. The zero-order valence-electron chi connectivity index (χ0n) is 20.2. The van der Waals surface area contributed by atoms with Gasteiger partial charge in [-0.2, -0.15) is 8.42 Å². The Kier molecular flexibility index (Phi) is 7.57. The molecule has 7 nitrogen and oxygen atoms in total. The van der Waals surface area contributed by atoms with Gasteiger partial charge in [0.25, 0.3) is 10.0 Å². The van der Waals surface area contributed by atoms with Gasteiger partial charge in [0.05, 0.1) is 12.3 Å². The lowest BCUT2D eigenvalue weighted by molar-refractivity contribution is 0.0494. The van der Waals surface area contributed by atoms with E-state index in [2.05, 4.69) is 18.0 Å². The predicted octanol–water partition coefficient (Wildman–Crippen LogP) is 4.57. The van der Waals surface area contributed by atoms with Crippen molar-refractivity contribution in [2.45, 2.75) is 70.4 Å². The molecule has 1 saturated heterocycles. The topological polar surface area (TPSA) is 85.8 Å². The Morgan fingerprint density at radius 2 is 1.91 bits per heavy atom. The molecule has 184 valence electrons. The Bertz CT molecular complexity index is 1140. The van der Waals surface area contributed by atoms with Crippen molar-refractivity contribution < 1.29 is 22.7 Å². The molecule has 8 heteroatoms. The minimum Gasteiger partial charge on any atom is -0.491 e. The number of hydrogen-bond donors (Lipinski definition) is 0. The number of ether oxygens (including phenoxy) is 2. The van der Waals surface area contributed by atoms with E-state index in [4.69, 9.17) is 9.47 Å². The summed E-state index contributed by atoms with van der Waals surface area (Å²) in [5, 5.41) is -0.123. The molecule has 1 unspecified atom stereocenters. The quantitative estimate of drug-likeness (QED) is 0.508. The van der Waals surface area contributed by atoms with Crippen LogP contribution in [0.5, 0.6) is 5.75 Å². The zero-order chi connectivity index (χ0) is 24.3. The average molecular weight is 487 g/mol. The summed E-state index contributed by atoms with van der Waals surface area (Å²) in [4.78, 5) is 16.7. The molecule has 2 aliphatic heterocycles. The second-order valence-electron chi connectivity index (χ2n) is 9.14. The van der Waals surface area contributed by atoms with E-state index < -0.39 is 10.0 Å². The third-order valence-corrected chi connectivity index (χ3v) is 8.61. The number of ketones is 1. The number of aryl methyl sites for hydroxylation is 2. The van der Waals surface area contributed by atoms with Gasteiger partial charge in [0.15, 0.2) is 10.8 Å². The Labute approximate surface area is 202 Å². The fraction of sp³-hybridized carbons (Fsp3) is 0.538. The summed E-state index contributed by atoms with van der Waals surface area (Å²) >= 11 is 0. The van der Waals surface area contributed by atoms with Crippen molar-refractivity contribution in [2.75, 3.05) is 24.1 Å². The number of Topliss-reactive ketones (excluding diaryl/α,β-unsaturated/α-hetero) is 1. The number of rotatable bonds is 8. The number of fused-ring (bicyclic) bond motifs is 1. The highest BCUT2D eigenvalue weighted by Gasteiger charge is 2.36. The molecule has 1 fully saturated rings. The van der Waals surface area contributed by atoms with Gasteiger partial charge in [-0.3, -0.25) is 9.10 Å². The van der Waals surface area contributed by atoms with Crippen LogP contribution in [0.1, 0.15) is 68.1 Å². The molecule has 2 aliphatic rings. The van der Waals surface area contributed by atoms with Gasteiger partial charge in [-0.25, -0.2) is 4.98 Å². The first kappa shape index (κ1) is 24.7. The summed E-state index contributed by atoms with van der Waals surface area (Å²) in [5.41, 5.74) is 2.99. The van der Waals surface area contributed by atoms with E-state index in [1.54, 1.807) is 6.07 Å². The lowest BCUT2D eigenvalue weighted by Crippen LogP contribution is -2.43. The van der Waals surface area contributed by atoms with E-state index in [1.165, 1.54) is 22.9 Å². The number of benzene rings is 1. The van der Waals surface area contributed by atoms with Crippen LogP contribution in [0.4, 0.5) is 5.69 Å². The molecule has 0 saturated carbocycles. The molecule has 34 heavy (non-hydrogen) atoms. The maximum Gasteiger partial charge on any atom is 0.282 e. The van der Waals surface area contributed by atoms with Crippen molar-refractivity contribution in [3.05, 3.63) is 47.2 Å². The van der Waals surface area contributed by atoms with Gasteiger partial charge < -0.3 is 9.47 Å². The average Bonchev–Trinajstić information content (AvgIpc) is 2.86. The van der Waals surface area contributed by atoms with Crippen molar-refractivity contribution in [3.8, 4) is 5.75 Å². The van der Waals surface area contributed by atoms with Crippen molar-refractivity contribution in [3.63, 3.8) is 0 Å². The Morgan fingerprint density at radius 1 is 1.15 bits per heavy atom. The van der Waals surface area contributed by atoms with E-state index in [0.717, 1.165) is 37.7 Å². The zero-order valence-corrected chi connectivity index (χ0v) is 21.1. The molecule has 4 rings (SSSR count). The normalized spacial score (nSPS) is 19.0. The van der Waals surface area contributed by atoms with Crippen molar-refractivity contribution in [1.82, 2.24) is 4.98 Å². The summed E-state index contributed by atoms with van der Waals surface area (Å²) in [6, 6.07) is 8.87. The largest absolute Gasteiger partial charge is 0.491 e. The highest BCUT2D eigenvalue weighted by atomic mass is 32.2. The highest BCUT2D eigenvalue weighted by Crippen LogP contribution is 2.37. The third-order valence-electron chi connectivity index (χ3n) is 6.84. The maximum atomic E-state index is 13.9. The summed E-state index contributed by atoms with van der Waals surface area (Å²) in [7, 11) is -3.97. The molecule has 0 bridgehead atoms. The number of carbonyl (C=O) groups is 1. The van der Waals surface area contributed by atoms with Crippen LogP contribution >= 0.6 is 0 Å². The number of anilines is 1. The fourth-order valence-corrected chi connectivity index (χ4v) is 6.50. The van der Waals surface area contributed by atoms with Crippen LogP contribution in [-0.2, 0) is 27.6 Å². The number of carbonyl (C=O) groups excluding carboxylic acids is 1. The van der Waals surface area contributed by atoms with Gasteiger partial charge in [0, 0.05) is 26.2 Å². The first-order chi connectivity index (χ1) is 16.3. The minimum atomic E-state index is -3.97. The molecule has 3 heterocycles. The number of hydrogen-bond acceptors (Lipinski definition) is 6. The molecule has 1 atom stereocenters. The lowest BCUT2D eigenvalue weighted by Gasteiger charge is -2.37. The smallest absolute Gasteiger partial charge is 0.282 e. The standard InChI is InChI=1S/C26H34N2O5S/c1-4-19-6-9-23-21(16-19)7-8-22(5-2)28(23)34(30,31)25-11-10-24(26(27-25)18(3)29)33-17-20-12-14-32-15-13-20/h6,9-11,16,20,22H,4-5,7-8,12-15,17H2,1-3H3. The van der Waals surface area contributed by atoms with E-state index >= 15 is 0 Å². The van der Waals surface area contributed by atoms with Crippen LogP contribution in [0, 0.1) is 5.92 Å². The van der Waals surface area contributed by atoms with Gasteiger partial charge in [-0.05, 0) is 73.8 Å². The van der Waals surface area contributed by atoms with Crippen molar-refractivity contribution in [1.29, 1.82) is 0 Å². The Hall–Kier alpha value is -2.45. The second-order valence-corrected chi connectivity index (χ2v) is 10.9. The number of pyridine rings is 1. The molecule has 1 aromatic carbocycles. The molecule has 0 N–H and O–H groups in total. The molecule has 0 aliphatic carbocycles. The maximum absolute atomic E-state index is 13.9.